The van der Waals surface area contributed by atoms with Gasteiger partial charge in [-0.3, -0.25) is 9.80 Å². The molecule has 0 aliphatic carbocycles. The first-order valence-electron chi connectivity index (χ1n) is 8.94. The van der Waals surface area contributed by atoms with Gasteiger partial charge in [0.05, 0.1) is 19.3 Å². The first kappa shape index (κ1) is 18.2. The SMILES string of the molecule is CC(C)(C)N1CCCC(COCC(C)(C)N2CCC(O)C2)C1. The molecule has 2 unspecified atom stereocenters. The summed E-state index contributed by atoms with van der Waals surface area (Å²) < 4.78 is 6.10. The second-order valence-corrected chi connectivity index (χ2v) is 8.84. The van der Waals surface area contributed by atoms with E-state index in [9.17, 15) is 5.11 Å². The topological polar surface area (TPSA) is 35.9 Å². The minimum atomic E-state index is -0.155. The van der Waals surface area contributed by atoms with Crippen LogP contribution >= 0.6 is 0 Å². The molecule has 0 saturated carbocycles. The molecule has 130 valence electrons. The van der Waals surface area contributed by atoms with Crippen LogP contribution in [0.25, 0.3) is 0 Å². The molecule has 1 N–H and O–H groups in total. The lowest BCUT2D eigenvalue weighted by atomic mass is 9.94. The number of aliphatic hydroxyl groups excluding tert-OH is 1. The van der Waals surface area contributed by atoms with E-state index in [1.165, 1.54) is 19.4 Å². The van der Waals surface area contributed by atoms with Crippen molar-refractivity contribution in [1.82, 2.24) is 9.80 Å². The zero-order valence-electron chi connectivity index (χ0n) is 15.3. The van der Waals surface area contributed by atoms with Gasteiger partial charge in [0.25, 0.3) is 0 Å². The third kappa shape index (κ3) is 4.92. The molecule has 2 rings (SSSR count). The Morgan fingerprint density at radius 1 is 1.00 bits per heavy atom. The van der Waals surface area contributed by atoms with Crippen molar-refractivity contribution in [3.8, 4) is 0 Å². The van der Waals surface area contributed by atoms with E-state index in [0.29, 0.717) is 5.92 Å². The predicted molar refractivity (Wildman–Crippen MR) is 91.1 cm³/mol. The Morgan fingerprint density at radius 2 is 1.73 bits per heavy atom. The van der Waals surface area contributed by atoms with Crippen molar-refractivity contribution in [2.45, 2.75) is 71.1 Å². The van der Waals surface area contributed by atoms with Gasteiger partial charge in [-0.15, -0.1) is 0 Å². The molecule has 0 spiro atoms. The van der Waals surface area contributed by atoms with Crippen molar-refractivity contribution in [3.05, 3.63) is 0 Å². The molecule has 2 atom stereocenters. The third-order valence-corrected chi connectivity index (χ3v) is 5.30. The second-order valence-electron chi connectivity index (χ2n) is 8.84. The first-order chi connectivity index (χ1) is 10.2. The zero-order chi connectivity index (χ0) is 16.4. The van der Waals surface area contributed by atoms with Gasteiger partial charge < -0.3 is 9.84 Å². The molecular formula is C18H36N2O2. The lowest BCUT2D eigenvalue weighted by Crippen LogP contribution is -2.49. The van der Waals surface area contributed by atoms with E-state index < -0.39 is 0 Å². The Morgan fingerprint density at radius 3 is 2.32 bits per heavy atom. The third-order valence-electron chi connectivity index (χ3n) is 5.30. The minimum Gasteiger partial charge on any atom is -0.392 e. The van der Waals surface area contributed by atoms with Crippen molar-refractivity contribution >= 4 is 0 Å². The van der Waals surface area contributed by atoms with Gasteiger partial charge in [0.15, 0.2) is 0 Å². The summed E-state index contributed by atoms with van der Waals surface area (Å²) >= 11 is 0. The van der Waals surface area contributed by atoms with Crippen LogP contribution in [0.4, 0.5) is 0 Å². The highest BCUT2D eigenvalue weighted by molar-refractivity contribution is 4.88. The smallest absolute Gasteiger partial charge is 0.0679 e. The minimum absolute atomic E-state index is 0.0237. The van der Waals surface area contributed by atoms with E-state index in [4.69, 9.17) is 4.74 Å². The Labute approximate surface area is 136 Å². The van der Waals surface area contributed by atoms with Crippen molar-refractivity contribution < 1.29 is 9.84 Å². The maximum absolute atomic E-state index is 9.71. The van der Waals surface area contributed by atoms with Crippen molar-refractivity contribution in [1.29, 1.82) is 0 Å². The quantitative estimate of drug-likeness (QED) is 0.845. The van der Waals surface area contributed by atoms with Crippen LogP contribution in [0, 0.1) is 5.92 Å². The molecular weight excluding hydrogens is 276 g/mol. The van der Waals surface area contributed by atoms with Gasteiger partial charge in [-0.05, 0) is 66.3 Å². The molecule has 4 heteroatoms. The van der Waals surface area contributed by atoms with Crippen LogP contribution in [0.5, 0.6) is 0 Å². The molecule has 2 aliphatic rings. The predicted octanol–water partition coefficient (Wildman–Crippen LogP) is 2.36. The highest BCUT2D eigenvalue weighted by atomic mass is 16.5. The summed E-state index contributed by atoms with van der Waals surface area (Å²) in [6, 6.07) is 0. The number of hydrogen-bond acceptors (Lipinski definition) is 4. The molecule has 0 radical (unpaired) electrons. The molecule has 0 amide bonds. The van der Waals surface area contributed by atoms with Gasteiger partial charge in [-0.2, -0.15) is 0 Å². The Kier molecular flexibility index (Phi) is 5.92. The van der Waals surface area contributed by atoms with E-state index in [1.54, 1.807) is 0 Å². The Hall–Kier alpha value is -0.160. The average molecular weight is 312 g/mol. The summed E-state index contributed by atoms with van der Waals surface area (Å²) in [5.74, 6) is 0.660. The molecule has 0 aromatic carbocycles. The van der Waals surface area contributed by atoms with Gasteiger partial charge in [-0.25, -0.2) is 0 Å². The van der Waals surface area contributed by atoms with Crippen LogP contribution < -0.4 is 0 Å². The molecule has 4 nitrogen and oxygen atoms in total. The summed E-state index contributed by atoms with van der Waals surface area (Å²) in [5, 5.41) is 9.71. The molecule has 2 aliphatic heterocycles. The van der Waals surface area contributed by atoms with Crippen LogP contribution in [0.2, 0.25) is 0 Å². The van der Waals surface area contributed by atoms with Gasteiger partial charge >= 0.3 is 0 Å². The van der Waals surface area contributed by atoms with Gasteiger partial charge in [-0.1, -0.05) is 0 Å². The number of β-amino-alcohol motifs (C(OH)–C–C–N with tert-alkyl or cyclic N) is 1. The average Bonchev–Trinajstić information content (AvgIpc) is 2.85. The number of piperidine rings is 1. The van der Waals surface area contributed by atoms with E-state index in [1.807, 2.05) is 0 Å². The normalized spacial score (nSPS) is 29.2. The molecule has 0 bridgehead atoms. The summed E-state index contributed by atoms with van der Waals surface area (Å²) in [4.78, 5) is 4.95. The maximum atomic E-state index is 9.71. The molecule has 2 heterocycles. The summed E-state index contributed by atoms with van der Waals surface area (Å²) in [6.07, 6.45) is 3.31. The fraction of sp³-hybridized carbons (Fsp3) is 1.00. The summed E-state index contributed by atoms with van der Waals surface area (Å²) in [5.41, 5.74) is 0.291. The van der Waals surface area contributed by atoms with Crippen molar-refractivity contribution in [2.24, 2.45) is 5.92 Å². The highest BCUT2D eigenvalue weighted by Crippen LogP contribution is 2.25. The zero-order valence-corrected chi connectivity index (χ0v) is 15.3. The Balaban J connectivity index is 1.73. The second kappa shape index (κ2) is 7.16. The van der Waals surface area contributed by atoms with E-state index in [2.05, 4.69) is 44.4 Å². The fourth-order valence-electron chi connectivity index (χ4n) is 3.67. The van der Waals surface area contributed by atoms with Crippen molar-refractivity contribution in [3.63, 3.8) is 0 Å². The van der Waals surface area contributed by atoms with Gasteiger partial charge in [0, 0.05) is 30.7 Å². The van der Waals surface area contributed by atoms with E-state index in [-0.39, 0.29) is 17.2 Å². The van der Waals surface area contributed by atoms with Crippen LogP contribution in [0.1, 0.15) is 53.9 Å². The Bertz CT molecular complexity index is 351. The summed E-state index contributed by atoms with van der Waals surface area (Å²) in [6.45, 7) is 17.1. The maximum Gasteiger partial charge on any atom is 0.0679 e. The molecule has 2 fully saturated rings. The number of ether oxygens (including phenoxy) is 1. The van der Waals surface area contributed by atoms with Gasteiger partial charge in [0.2, 0.25) is 0 Å². The number of rotatable bonds is 5. The first-order valence-corrected chi connectivity index (χ1v) is 8.94. The van der Waals surface area contributed by atoms with E-state index in [0.717, 1.165) is 39.3 Å². The number of hydrogen-bond donors (Lipinski definition) is 1. The molecule has 0 aromatic rings. The summed E-state index contributed by atoms with van der Waals surface area (Å²) in [7, 11) is 0. The van der Waals surface area contributed by atoms with Gasteiger partial charge in [0.1, 0.15) is 0 Å². The van der Waals surface area contributed by atoms with Crippen LogP contribution in [0.3, 0.4) is 0 Å². The lowest BCUT2D eigenvalue weighted by Gasteiger charge is -2.42. The molecule has 22 heavy (non-hydrogen) atoms. The molecule has 0 aromatic heterocycles. The van der Waals surface area contributed by atoms with Crippen LogP contribution in [0.15, 0.2) is 0 Å². The lowest BCUT2D eigenvalue weighted by molar-refractivity contribution is -0.0160. The largest absolute Gasteiger partial charge is 0.392 e. The number of aliphatic hydroxyl groups is 1. The highest BCUT2D eigenvalue weighted by Gasteiger charge is 2.33. The number of nitrogens with zero attached hydrogens (tertiary/aromatic N) is 2. The number of likely N-dealkylation sites (tertiary alicyclic amines) is 2. The monoisotopic (exact) mass is 312 g/mol. The van der Waals surface area contributed by atoms with Crippen molar-refractivity contribution in [2.75, 3.05) is 39.4 Å². The van der Waals surface area contributed by atoms with Crippen LogP contribution in [-0.4, -0.2) is 71.5 Å². The van der Waals surface area contributed by atoms with Crippen LogP contribution in [-0.2, 0) is 4.74 Å². The molecule has 2 saturated heterocycles. The van der Waals surface area contributed by atoms with E-state index >= 15 is 0 Å². The standard InChI is InChI=1S/C18H36N2O2/c1-17(2,3)19-9-6-7-15(11-19)13-22-14-18(4,5)20-10-8-16(21)12-20/h15-16,21H,6-14H2,1-5H3. The fourth-order valence-corrected chi connectivity index (χ4v) is 3.67.